The zero-order valence-electron chi connectivity index (χ0n) is 18.8. The highest BCUT2D eigenvalue weighted by atomic mass is 79.9. The molecular formula is C24H30BrNO6S. The average molecular weight is 540 g/mol. The quantitative estimate of drug-likeness (QED) is 0.448. The van der Waals surface area contributed by atoms with Gasteiger partial charge in [0.2, 0.25) is 0 Å². The first-order valence-electron chi connectivity index (χ1n) is 11.0. The smallest absolute Gasteiger partial charge is 0.407 e. The van der Waals surface area contributed by atoms with Crippen molar-refractivity contribution in [3.8, 4) is 0 Å². The minimum Gasteiger partial charge on any atom is -0.445 e. The van der Waals surface area contributed by atoms with Gasteiger partial charge in [0, 0.05) is 4.47 Å². The van der Waals surface area contributed by atoms with Gasteiger partial charge in [0.05, 0.1) is 29.8 Å². The molecule has 2 aromatic rings. The van der Waals surface area contributed by atoms with Gasteiger partial charge in [-0.2, -0.15) is 8.42 Å². The van der Waals surface area contributed by atoms with Crippen molar-refractivity contribution in [3.63, 3.8) is 0 Å². The molecule has 1 aliphatic rings. The summed E-state index contributed by atoms with van der Waals surface area (Å²) in [6.07, 6.45) is 1.84. The second-order valence-corrected chi connectivity index (χ2v) is 11.0. The minimum atomic E-state index is -3.96. The van der Waals surface area contributed by atoms with Crippen LogP contribution in [0.15, 0.2) is 64.0 Å². The van der Waals surface area contributed by atoms with Crippen LogP contribution in [0.3, 0.4) is 0 Å². The largest absolute Gasteiger partial charge is 0.445 e. The molecule has 0 radical (unpaired) electrons. The van der Waals surface area contributed by atoms with E-state index in [2.05, 4.69) is 21.2 Å². The highest BCUT2D eigenvalue weighted by molar-refractivity contribution is 9.10. The number of benzene rings is 2. The van der Waals surface area contributed by atoms with Gasteiger partial charge in [0.1, 0.15) is 6.61 Å². The van der Waals surface area contributed by atoms with Crippen molar-refractivity contribution in [2.75, 3.05) is 6.61 Å². The van der Waals surface area contributed by atoms with E-state index in [1.54, 1.807) is 12.1 Å². The third-order valence-corrected chi connectivity index (χ3v) is 7.30. The lowest BCUT2D eigenvalue weighted by atomic mass is 9.87. The summed E-state index contributed by atoms with van der Waals surface area (Å²) in [6, 6.07) is 15.0. The highest BCUT2D eigenvalue weighted by Crippen LogP contribution is 2.28. The molecule has 1 amide bonds. The average Bonchev–Trinajstić information content (AvgIpc) is 2.76. The molecule has 0 saturated carbocycles. The Kier molecular flexibility index (Phi) is 9.31. The lowest BCUT2D eigenvalue weighted by molar-refractivity contribution is -0.0554. The summed E-state index contributed by atoms with van der Waals surface area (Å²) in [5.74, 6) is 0.266. The van der Waals surface area contributed by atoms with Gasteiger partial charge in [-0.15, -0.1) is 0 Å². The summed E-state index contributed by atoms with van der Waals surface area (Å²) < 4.78 is 42.5. The van der Waals surface area contributed by atoms with Crippen LogP contribution in [0.2, 0.25) is 0 Å². The van der Waals surface area contributed by atoms with E-state index in [1.165, 1.54) is 12.1 Å². The first kappa shape index (κ1) is 25.7. The summed E-state index contributed by atoms with van der Waals surface area (Å²) in [5.41, 5.74) is 0.866. The third-order valence-electron chi connectivity index (χ3n) is 5.47. The molecule has 3 rings (SSSR count). The van der Waals surface area contributed by atoms with E-state index in [0.717, 1.165) is 22.9 Å². The van der Waals surface area contributed by atoms with Crippen molar-refractivity contribution >= 4 is 32.1 Å². The molecule has 0 bridgehead atoms. The Morgan fingerprint density at radius 3 is 2.36 bits per heavy atom. The Morgan fingerprint density at radius 1 is 1.09 bits per heavy atom. The first-order chi connectivity index (χ1) is 15.7. The van der Waals surface area contributed by atoms with Gasteiger partial charge < -0.3 is 14.8 Å². The van der Waals surface area contributed by atoms with E-state index >= 15 is 0 Å². The Hall–Kier alpha value is -1.94. The van der Waals surface area contributed by atoms with Gasteiger partial charge in [-0.3, -0.25) is 4.18 Å². The fourth-order valence-electron chi connectivity index (χ4n) is 4.08. The molecule has 0 spiro atoms. The Balaban J connectivity index is 1.63. The SMILES string of the molecule is C[C@@H]1C[C@@H](C[C@@H](COS(=O)(=O)c2ccc(Br)cc2)NC(=O)OCc2ccccc2)C[C@H](C)O1. The molecule has 33 heavy (non-hydrogen) atoms. The number of nitrogens with one attached hydrogen (secondary N) is 1. The zero-order chi connectivity index (χ0) is 23.8. The third kappa shape index (κ3) is 8.41. The van der Waals surface area contributed by atoms with Crippen LogP contribution in [0.5, 0.6) is 0 Å². The van der Waals surface area contributed by atoms with Gasteiger partial charge in [0.25, 0.3) is 10.1 Å². The van der Waals surface area contributed by atoms with Crippen LogP contribution in [0.1, 0.15) is 38.7 Å². The van der Waals surface area contributed by atoms with Crippen LogP contribution >= 0.6 is 15.9 Å². The lowest BCUT2D eigenvalue weighted by Gasteiger charge is -2.34. The van der Waals surface area contributed by atoms with E-state index in [-0.39, 0.29) is 36.2 Å². The number of carbonyl (C=O) groups excluding carboxylic acids is 1. The van der Waals surface area contributed by atoms with Crippen molar-refractivity contribution in [1.29, 1.82) is 0 Å². The summed E-state index contributed by atoms with van der Waals surface area (Å²) in [4.78, 5) is 12.5. The minimum absolute atomic E-state index is 0.0596. The molecule has 0 aromatic heterocycles. The number of carbonyl (C=O) groups is 1. The number of amides is 1. The van der Waals surface area contributed by atoms with Crippen LogP contribution in [0.25, 0.3) is 0 Å². The summed E-state index contributed by atoms with van der Waals surface area (Å²) in [5, 5.41) is 2.80. The Labute approximate surface area is 204 Å². The molecule has 0 unspecified atom stereocenters. The maximum absolute atomic E-state index is 12.6. The predicted octanol–water partition coefficient (Wildman–Crippen LogP) is 5.04. The maximum atomic E-state index is 12.6. The fraction of sp³-hybridized carbons (Fsp3) is 0.458. The molecule has 180 valence electrons. The number of ether oxygens (including phenoxy) is 2. The van der Waals surface area contributed by atoms with Gasteiger partial charge in [0.15, 0.2) is 0 Å². The highest BCUT2D eigenvalue weighted by Gasteiger charge is 2.29. The number of rotatable bonds is 9. The molecule has 9 heteroatoms. The Bertz CT molecular complexity index is 989. The van der Waals surface area contributed by atoms with E-state index in [4.69, 9.17) is 13.7 Å². The van der Waals surface area contributed by atoms with Gasteiger partial charge in [-0.25, -0.2) is 4.79 Å². The molecule has 0 aliphatic carbocycles. The van der Waals surface area contributed by atoms with Gasteiger partial charge in [-0.05, 0) is 68.9 Å². The van der Waals surface area contributed by atoms with Crippen molar-refractivity contribution in [1.82, 2.24) is 5.32 Å². The van der Waals surface area contributed by atoms with Crippen LogP contribution in [-0.4, -0.2) is 39.4 Å². The summed E-state index contributed by atoms with van der Waals surface area (Å²) in [7, 11) is -3.96. The normalized spacial score (nSPS) is 21.8. The second kappa shape index (κ2) is 12.0. The number of hydrogen-bond donors (Lipinski definition) is 1. The molecule has 1 fully saturated rings. The van der Waals surface area contributed by atoms with Crippen LogP contribution < -0.4 is 5.32 Å². The van der Waals surface area contributed by atoms with Crippen LogP contribution in [0, 0.1) is 5.92 Å². The maximum Gasteiger partial charge on any atom is 0.407 e. The number of halogens is 1. The molecule has 1 N–H and O–H groups in total. The standard InChI is InChI=1S/C24H30BrNO6S/c1-17-12-20(13-18(2)32-17)14-22(26-24(27)30-15-19-6-4-3-5-7-19)16-31-33(28,29)23-10-8-21(25)9-11-23/h3-11,17-18,20,22H,12-16H2,1-2H3,(H,26,27)/t17-,18+,20-,22-/m0/s1. The molecule has 1 aliphatic heterocycles. The number of hydrogen-bond acceptors (Lipinski definition) is 6. The van der Waals surface area contributed by atoms with Gasteiger partial charge >= 0.3 is 6.09 Å². The molecule has 2 aromatic carbocycles. The van der Waals surface area contributed by atoms with Crippen molar-refractivity contribution in [2.24, 2.45) is 5.92 Å². The molecular weight excluding hydrogens is 510 g/mol. The topological polar surface area (TPSA) is 90.9 Å². The summed E-state index contributed by atoms with van der Waals surface area (Å²) >= 11 is 3.29. The van der Waals surface area contributed by atoms with E-state index in [9.17, 15) is 13.2 Å². The lowest BCUT2D eigenvalue weighted by Crippen LogP contribution is -2.42. The monoisotopic (exact) mass is 539 g/mol. The fourth-order valence-corrected chi connectivity index (χ4v) is 5.29. The molecule has 1 heterocycles. The number of alkyl carbamates (subject to hydrolysis) is 1. The van der Waals surface area contributed by atoms with Crippen molar-refractivity contribution < 1.29 is 26.9 Å². The van der Waals surface area contributed by atoms with Crippen LogP contribution in [-0.2, 0) is 30.4 Å². The predicted molar refractivity (Wildman–Crippen MR) is 128 cm³/mol. The van der Waals surface area contributed by atoms with E-state index in [0.29, 0.717) is 6.42 Å². The van der Waals surface area contributed by atoms with Crippen molar-refractivity contribution in [2.45, 2.75) is 62.9 Å². The molecule has 4 atom stereocenters. The van der Waals surface area contributed by atoms with E-state index in [1.807, 2.05) is 44.2 Å². The molecule has 1 saturated heterocycles. The zero-order valence-corrected chi connectivity index (χ0v) is 21.2. The first-order valence-corrected chi connectivity index (χ1v) is 13.2. The van der Waals surface area contributed by atoms with Gasteiger partial charge in [-0.1, -0.05) is 46.3 Å². The van der Waals surface area contributed by atoms with E-state index < -0.39 is 22.3 Å². The summed E-state index contributed by atoms with van der Waals surface area (Å²) in [6.45, 7) is 3.99. The van der Waals surface area contributed by atoms with Crippen molar-refractivity contribution in [3.05, 3.63) is 64.6 Å². The molecule has 7 nitrogen and oxygen atoms in total. The van der Waals surface area contributed by atoms with Crippen LogP contribution in [0.4, 0.5) is 4.79 Å². The second-order valence-electron chi connectivity index (χ2n) is 8.43. The Morgan fingerprint density at radius 2 is 1.73 bits per heavy atom.